The molecule has 1 aliphatic rings. The van der Waals surface area contributed by atoms with Gasteiger partial charge in [0.1, 0.15) is 0 Å². The molecule has 68 valence electrons. The molecular weight excluding hydrogens is 191 g/mol. The Hall–Kier alpha value is -0.520. The van der Waals surface area contributed by atoms with Gasteiger partial charge in [0.05, 0.1) is 11.5 Å². The van der Waals surface area contributed by atoms with Crippen molar-refractivity contribution in [3.8, 4) is 0 Å². The van der Waals surface area contributed by atoms with Crippen LogP contribution in [-0.4, -0.2) is 29.3 Å². The zero-order valence-electron chi connectivity index (χ0n) is 6.02. The Morgan fingerprint density at radius 1 is 1.58 bits per heavy atom. The summed E-state index contributed by atoms with van der Waals surface area (Å²) in [5.41, 5.74) is 0. The molecule has 0 unspecified atom stereocenters. The fourth-order valence-corrected chi connectivity index (χ4v) is 1.56. The van der Waals surface area contributed by atoms with Crippen molar-refractivity contribution in [3.63, 3.8) is 0 Å². The summed E-state index contributed by atoms with van der Waals surface area (Å²) in [6.07, 6.45) is -5.31. The van der Waals surface area contributed by atoms with Gasteiger partial charge in [-0.05, 0) is 0 Å². The van der Waals surface area contributed by atoms with Crippen molar-refractivity contribution in [2.24, 2.45) is 4.99 Å². The smallest absolute Gasteiger partial charge is 0.289 e. The normalized spacial score (nSPS) is 17.8. The lowest BCUT2D eigenvalue weighted by Gasteiger charge is -2.03. The van der Waals surface area contributed by atoms with Crippen LogP contribution in [0.4, 0.5) is 13.2 Å². The number of carbonyl (C=O) groups excluding carboxylic acids is 1. The lowest BCUT2D eigenvalue weighted by Crippen LogP contribution is -2.24. The van der Waals surface area contributed by atoms with E-state index in [4.69, 9.17) is 0 Å². The van der Waals surface area contributed by atoms with Gasteiger partial charge in [-0.1, -0.05) is 0 Å². The van der Waals surface area contributed by atoms with E-state index in [2.05, 4.69) is 4.99 Å². The molecule has 0 amide bonds. The maximum absolute atomic E-state index is 11.7. The highest BCUT2D eigenvalue weighted by Crippen LogP contribution is 2.22. The summed E-state index contributed by atoms with van der Waals surface area (Å²) in [5, 5.41) is 0.303. The molecule has 0 radical (unpaired) electrons. The van der Waals surface area contributed by atoms with Gasteiger partial charge in [0.2, 0.25) is 5.78 Å². The summed E-state index contributed by atoms with van der Waals surface area (Å²) in [6.45, 7) is 0.519. The molecule has 0 N–H and O–H groups in total. The van der Waals surface area contributed by atoms with E-state index in [9.17, 15) is 18.0 Å². The summed E-state index contributed by atoms with van der Waals surface area (Å²) in [7, 11) is 0. The van der Waals surface area contributed by atoms with Crippen molar-refractivity contribution in [2.45, 2.75) is 12.6 Å². The van der Waals surface area contributed by atoms with Crippen LogP contribution in [-0.2, 0) is 4.79 Å². The van der Waals surface area contributed by atoms with Crippen LogP contribution < -0.4 is 0 Å². The lowest BCUT2D eigenvalue weighted by molar-refractivity contribution is -0.169. The fraction of sp³-hybridized carbons (Fsp3) is 0.667. The Morgan fingerprint density at radius 3 is 2.67 bits per heavy atom. The molecule has 0 aromatic rings. The molecule has 1 heterocycles. The number of nitrogens with zero attached hydrogens (tertiary/aromatic N) is 1. The predicted molar refractivity (Wildman–Crippen MR) is 40.4 cm³/mol. The number of aliphatic imine (C=N–C) groups is 1. The minimum absolute atomic E-state index is 0.303. The largest absolute Gasteiger partial charge is 0.450 e. The summed E-state index contributed by atoms with van der Waals surface area (Å²) in [4.78, 5) is 14.1. The molecule has 0 saturated carbocycles. The highest BCUT2D eigenvalue weighted by Gasteiger charge is 2.38. The van der Waals surface area contributed by atoms with Gasteiger partial charge in [-0.25, -0.2) is 0 Å². The second-order valence-electron chi connectivity index (χ2n) is 2.22. The molecule has 0 bridgehead atoms. The van der Waals surface area contributed by atoms with Crippen molar-refractivity contribution in [3.05, 3.63) is 0 Å². The van der Waals surface area contributed by atoms with E-state index < -0.39 is 18.4 Å². The summed E-state index contributed by atoms with van der Waals surface area (Å²) >= 11 is 1.22. The molecule has 1 rings (SSSR count). The minimum Gasteiger partial charge on any atom is -0.289 e. The van der Waals surface area contributed by atoms with Gasteiger partial charge >= 0.3 is 6.18 Å². The molecule has 0 aromatic heterocycles. The standard InChI is InChI=1S/C6H6F3NOS/c7-6(8,9)4(11)3-5-10-1-2-12-5/h1-3H2. The van der Waals surface area contributed by atoms with Gasteiger partial charge in [-0.2, -0.15) is 13.2 Å². The van der Waals surface area contributed by atoms with Crippen molar-refractivity contribution >= 4 is 22.6 Å². The number of ketones is 1. The Bertz CT molecular complexity index is 223. The van der Waals surface area contributed by atoms with E-state index >= 15 is 0 Å². The molecule has 12 heavy (non-hydrogen) atoms. The number of hydrogen-bond donors (Lipinski definition) is 0. The average Bonchev–Trinajstić information content (AvgIpc) is 2.37. The summed E-state index contributed by atoms with van der Waals surface area (Å²) in [5.74, 6) is -1.03. The SMILES string of the molecule is O=C(CC1=NCCS1)C(F)(F)F. The van der Waals surface area contributed by atoms with E-state index in [0.717, 1.165) is 0 Å². The molecule has 0 fully saturated rings. The number of halogens is 3. The van der Waals surface area contributed by atoms with Gasteiger partial charge in [0.15, 0.2) is 0 Å². The maximum atomic E-state index is 11.7. The van der Waals surface area contributed by atoms with Gasteiger partial charge in [-0.3, -0.25) is 9.79 Å². The first kappa shape index (κ1) is 9.57. The summed E-state index contributed by atoms with van der Waals surface area (Å²) in [6, 6.07) is 0. The summed E-state index contributed by atoms with van der Waals surface area (Å²) < 4.78 is 35.1. The number of carbonyl (C=O) groups is 1. The molecule has 6 heteroatoms. The highest BCUT2D eigenvalue weighted by atomic mass is 32.2. The highest BCUT2D eigenvalue weighted by molar-refractivity contribution is 8.14. The lowest BCUT2D eigenvalue weighted by atomic mass is 10.3. The quantitative estimate of drug-likeness (QED) is 0.673. The van der Waals surface area contributed by atoms with E-state index in [0.29, 0.717) is 17.3 Å². The first-order chi connectivity index (χ1) is 5.50. The topological polar surface area (TPSA) is 29.4 Å². The Labute approximate surface area is 71.2 Å². The van der Waals surface area contributed by atoms with E-state index in [1.807, 2.05) is 0 Å². The minimum atomic E-state index is -4.72. The van der Waals surface area contributed by atoms with Gasteiger partial charge in [-0.15, -0.1) is 11.8 Å². The Morgan fingerprint density at radius 2 is 2.25 bits per heavy atom. The molecule has 0 aromatic carbocycles. The monoisotopic (exact) mass is 197 g/mol. The van der Waals surface area contributed by atoms with E-state index in [-0.39, 0.29) is 0 Å². The number of thioether (sulfide) groups is 1. The van der Waals surface area contributed by atoms with Crippen LogP contribution >= 0.6 is 11.8 Å². The third-order valence-electron chi connectivity index (χ3n) is 1.28. The number of hydrogen-bond acceptors (Lipinski definition) is 3. The van der Waals surface area contributed by atoms with E-state index in [1.165, 1.54) is 11.8 Å². The molecule has 0 spiro atoms. The van der Waals surface area contributed by atoms with Gasteiger partial charge in [0, 0.05) is 12.3 Å². The first-order valence-corrected chi connectivity index (χ1v) is 4.25. The fourth-order valence-electron chi connectivity index (χ4n) is 0.724. The molecule has 0 saturated heterocycles. The van der Waals surface area contributed by atoms with Crippen LogP contribution in [0.25, 0.3) is 0 Å². The maximum Gasteiger partial charge on any atom is 0.450 e. The van der Waals surface area contributed by atoms with Crippen molar-refractivity contribution < 1.29 is 18.0 Å². The third-order valence-corrected chi connectivity index (χ3v) is 2.27. The molecule has 1 aliphatic heterocycles. The van der Waals surface area contributed by atoms with Crippen LogP contribution in [0, 0.1) is 0 Å². The van der Waals surface area contributed by atoms with Crippen LogP contribution in [0.15, 0.2) is 4.99 Å². The zero-order valence-corrected chi connectivity index (χ0v) is 6.84. The zero-order chi connectivity index (χ0) is 9.19. The molecular formula is C6H6F3NOS. The van der Waals surface area contributed by atoms with Crippen molar-refractivity contribution in [2.75, 3.05) is 12.3 Å². The number of alkyl halides is 3. The number of rotatable bonds is 2. The van der Waals surface area contributed by atoms with Crippen LogP contribution in [0.3, 0.4) is 0 Å². The predicted octanol–water partition coefficient (Wildman–Crippen LogP) is 1.65. The average molecular weight is 197 g/mol. The second kappa shape index (κ2) is 3.47. The van der Waals surface area contributed by atoms with Gasteiger partial charge in [0.25, 0.3) is 0 Å². The Balaban J connectivity index is 2.46. The van der Waals surface area contributed by atoms with E-state index in [1.54, 1.807) is 0 Å². The van der Waals surface area contributed by atoms with Crippen LogP contribution in [0.5, 0.6) is 0 Å². The third kappa shape index (κ3) is 2.51. The van der Waals surface area contributed by atoms with Crippen LogP contribution in [0.2, 0.25) is 0 Å². The second-order valence-corrected chi connectivity index (χ2v) is 3.39. The molecule has 2 nitrogen and oxygen atoms in total. The number of Topliss-reactive ketones (excluding diaryl/α,β-unsaturated/α-hetero) is 1. The molecule has 0 atom stereocenters. The van der Waals surface area contributed by atoms with Gasteiger partial charge < -0.3 is 0 Å². The first-order valence-electron chi connectivity index (χ1n) is 3.26. The molecule has 0 aliphatic carbocycles. The van der Waals surface area contributed by atoms with Crippen molar-refractivity contribution in [1.82, 2.24) is 0 Å². The van der Waals surface area contributed by atoms with Crippen LogP contribution in [0.1, 0.15) is 6.42 Å². The van der Waals surface area contributed by atoms with Crippen molar-refractivity contribution in [1.29, 1.82) is 0 Å². The Kier molecular flexibility index (Phi) is 2.76.